The maximum absolute atomic E-state index is 12.9. The number of morpholine rings is 1. The van der Waals surface area contributed by atoms with Gasteiger partial charge in [0.15, 0.2) is 0 Å². The molecule has 152 valence electrons. The lowest BCUT2D eigenvalue weighted by molar-refractivity contribution is 0.0302. The lowest BCUT2D eigenvalue weighted by Gasteiger charge is -2.28. The summed E-state index contributed by atoms with van der Waals surface area (Å²) in [6.07, 6.45) is 0. The Labute approximate surface area is 170 Å². The van der Waals surface area contributed by atoms with Crippen molar-refractivity contribution in [1.82, 2.24) is 4.90 Å². The average Bonchev–Trinajstić information content (AvgIpc) is 2.75. The van der Waals surface area contributed by atoms with E-state index in [4.69, 9.17) is 9.47 Å². The van der Waals surface area contributed by atoms with E-state index in [1.165, 1.54) is 0 Å². The Hall–Kier alpha value is -3.06. The third kappa shape index (κ3) is 3.91. The maximum Gasteiger partial charge on any atom is 0.255 e. The van der Waals surface area contributed by atoms with Gasteiger partial charge in [-0.05, 0) is 42.8 Å². The molecule has 2 aliphatic rings. The summed E-state index contributed by atoms with van der Waals surface area (Å²) in [5.41, 5.74) is 3.44. The number of hydrogen-bond donors (Lipinski definition) is 1. The first-order valence-electron chi connectivity index (χ1n) is 9.80. The van der Waals surface area contributed by atoms with E-state index in [1.807, 2.05) is 32.2 Å². The minimum absolute atomic E-state index is 0.0329. The molecule has 29 heavy (non-hydrogen) atoms. The predicted octanol–water partition coefficient (Wildman–Crippen LogP) is 2.55. The van der Waals surface area contributed by atoms with Gasteiger partial charge in [0.05, 0.1) is 25.4 Å². The number of hydrogen-bond acceptors (Lipinski definition) is 5. The Bertz CT molecular complexity index is 938. The first-order valence-corrected chi connectivity index (χ1v) is 9.80. The van der Waals surface area contributed by atoms with Crippen LogP contribution in [0.4, 0.5) is 11.4 Å². The number of ether oxygens (including phenoxy) is 2. The van der Waals surface area contributed by atoms with Crippen LogP contribution in [-0.4, -0.2) is 63.2 Å². The molecular weight excluding hydrogens is 370 g/mol. The number of amides is 2. The molecule has 1 saturated heterocycles. The molecule has 2 heterocycles. The number of carbonyl (C=O) groups excluding carboxylic acids is 2. The standard InChI is InChI=1S/C22H25N3O4/c1-15-17(22(27)25-9-11-28-12-10-25)4-3-5-18(15)23-21(26)16-6-7-20-19(14-16)24(2)8-13-29-20/h3-7,14H,8-13H2,1-2H3,(H,23,26). The quantitative estimate of drug-likeness (QED) is 0.865. The van der Waals surface area contributed by atoms with E-state index in [0.717, 1.165) is 23.5 Å². The van der Waals surface area contributed by atoms with Gasteiger partial charge in [0.25, 0.3) is 11.8 Å². The number of benzene rings is 2. The highest BCUT2D eigenvalue weighted by molar-refractivity contribution is 6.06. The molecule has 2 amide bonds. The van der Waals surface area contributed by atoms with Crippen LogP contribution in [0.25, 0.3) is 0 Å². The molecule has 2 aliphatic heterocycles. The van der Waals surface area contributed by atoms with E-state index >= 15 is 0 Å². The molecule has 7 heteroatoms. The van der Waals surface area contributed by atoms with Crippen molar-refractivity contribution in [2.75, 3.05) is 56.7 Å². The molecule has 0 saturated carbocycles. The van der Waals surface area contributed by atoms with Gasteiger partial charge in [-0.1, -0.05) is 6.07 Å². The summed E-state index contributed by atoms with van der Waals surface area (Å²) in [7, 11) is 1.98. The van der Waals surface area contributed by atoms with Crippen LogP contribution in [0.5, 0.6) is 5.75 Å². The number of nitrogens with zero attached hydrogens (tertiary/aromatic N) is 2. The van der Waals surface area contributed by atoms with E-state index in [2.05, 4.69) is 10.2 Å². The smallest absolute Gasteiger partial charge is 0.255 e. The lowest BCUT2D eigenvalue weighted by Crippen LogP contribution is -2.41. The number of anilines is 2. The van der Waals surface area contributed by atoms with Crippen molar-refractivity contribution in [1.29, 1.82) is 0 Å². The summed E-state index contributed by atoms with van der Waals surface area (Å²) < 4.78 is 11.0. The van der Waals surface area contributed by atoms with Gasteiger partial charge in [-0.3, -0.25) is 9.59 Å². The molecule has 0 unspecified atom stereocenters. The second-order valence-corrected chi connectivity index (χ2v) is 7.29. The zero-order chi connectivity index (χ0) is 20.4. The molecular formula is C22H25N3O4. The number of carbonyl (C=O) groups is 2. The summed E-state index contributed by atoms with van der Waals surface area (Å²) in [6.45, 7) is 5.55. The minimum atomic E-state index is -0.217. The normalized spacial score (nSPS) is 16.1. The van der Waals surface area contributed by atoms with Crippen molar-refractivity contribution in [3.8, 4) is 5.75 Å². The van der Waals surface area contributed by atoms with Gasteiger partial charge < -0.3 is 24.6 Å². The van der Waals surface area contributed by atoms with E-state index in [1.54, 1.807) is 23.1 Å². The van der Waals surface area contributed by atoms with Crippen molar-refractivity contribution in [3.05, 3.63) is 53.1 Å². The van der Waals surface area contributed by atoms with Gasteiger partial charge in [-0.25, -0.2) is 0 Å². The Morgan fingerprint density at radius 3 is 2.62 bits per heavy atom. The molecule has 0 aliphatic carbocycles. The third-order valence-electron chi connectivity index (χ3n) is 5.43. The fourth-order valence-corrected chi connectivity index (χ4v) is 3.63. The van der Waals surface area contributed by atoms with Gasteiger partial charge in [-0.2, -0.15) is 0 Å². The van der Waals surface area contributed by atoms with E-state index in [0.29, 0.717) is 49.7 Å². The fourth-order valence-electron chi connectivity index (χ4n) is 3.63. The monoisotopic (exact) mass is 395 g/mol. The zero-order valence-corrected chi connectivity index (χ0v) is 16.7. The van der Waals surface area contributed by atoms with Crippen molar-refractivity contribution < 1.29 is 19.1 Å². The number of likely N-dealkylation sites (N-methyl/N-ethyl adjacent to an activating group) is 1. The third-order valence-corrected chi connectivity index (χ3v) is 5.43. The van der Waals surface area contributed by atoms with Crippen LogP contribution in [0.3, 0.4) is 0 Å². The number of fused-ring (bicyclic) bond motifs is 1. The molecule has 1 fully saturated rings. The summed E-state index contributed by atoms with van der Waals surface area (Å²) in [5.74, 6) is 0.532. The van der Waals surface area contributed by atoms with Crippen LogP contribution < -0.4 is 15.0 Å². The van der Waals surface area contributed by atoms with Crippen molar-refractivity contribution in [2.45, 2.75) is 6.92 Å². The average molecular weight is 395 g/mol. The SMILES string of the molecule is Cc1c(NC(=O)c2ccc3c(c2)N(C)CCO3)cccc1C(=O)N1CCOCC1. The Balaban J connectivity index is 1.54. The van der Waals surface area contributed by atoms with Crippen LogP contribution in [0.15, 0.2) is 36.4 Å². The highest BCUT2D eigenvalue weighted by Crippen LogP contribution is 2.32. The molecule has 0 bridgehead atoms. The topological polar surface area (TPSA) is 71.1 Å². The number of nitrogens with one attached hydrogen (secondary N) is 1. The summed E-state index contributed by atoms with van der Waals surface area (Å²) in [6, 6.07) is 10.8. The van der Waals surface area contributed by atoms with Gasteiger partial charge >= 0.3 is 0 Å². The minimum Gasteiger partial charge on any atom is -0.490 e. The van der Waals surface area contributed by atoms with Crippen LogP contribution in [0.1, 0.15) is 26.3 Å². The van der Waals surface area contributed by atoms with Gasteiger partial charge in [0.1, 0.15) is 12.4 Å². The molecule has 0 radical (unpaired) electrons. The van der Waals surface area contributed by atoms with E-state index in [9.17, 15) is 9.59 Å². The second-order valence-electron chi connectivity index (χ2n) is 7.29. The van der Waals surface area contributed by atoms with Crippen LogP contribution in [0, 0.1) is 6.92 Å². The molecule has 4 rings (SSSR count). The highest BCUT2D eigenvalue weighted by atomic mass is 16.5. The Kier molecular flexibility index (Phi) is 5.40. The summed E-state index contributed by atoms with van der Waals surface area (Å²) in [5, 5.41) is 2.95. The molecule has 2 aromatic carbocycles. The van der Waals surface area contributed by atoms with Crippen LogP contribution >= 0.6 is 0 Å². The molecule has 7 nitrogen and oxygen atoms in total. The summed E-state index contributed by atoms with van der Waals surface area (Å²) in [4.78, 5) is 29.6. The van der Waals surface area contributed by atoms with Gasteiger partial charge in [0, 0.05) is 37.0 Å². The molecule has 0 atom stereocenters. The second kappa shape index (κ2) is 8.13. The zero-order valence-electron chi connectivity index (χ0n) is 16.7. The first kappa shape index (κ1) is 19.3. The van der Waals surface area contributed by atoms with Gasteiger partial charge in [-0.15, -0.1) is 0 Å². The van der Waals surface area contributed by atoms with Crippen LogP contribution in [0.2, 0.25) is 0 Å². The molecule has 1 N–H and O–H groups in total. The first-order chi connectivity index (χ1) is 14.0. The maximum atomic E-state index is 12.9. The Morgan fingerprint density at radius 2 is 1.83 bits per heavy atom. The molecule has 0 spiro atoms. The Morgan fingerprint density at radius 1 is 1.03 bits per heavy atom. The molecule has 0 aromatic heterocycles. The predicted molar refractivity (Wildman–Crippen MR) is 111 cm³/mol. The van der Waals surface area contributed by atoms with Crippen molar-refractivity contribution in [2.24, 2.45) is 0 Å². The fraction of sp³-hybridized carbons (Fsp3) is 0.364. The van der Waals surface area contributed by atoms with Crippen LogP contribution in [-0.2, 0) is 4.74 Å². The van der Waals surface area contributed by atoms with Gasteiger partial charge in [0.2, 0.25) is 0 Å². The summed E-state index contributed by atoms with van der Waals surface area (Å²) >= 11 is 0. The molecule has 2 aromatic rings. The number of rotatable bonds is 3. The lowest BCUT2D eigenvalue weighted by atomic mass is 10.0. The largest absolute Gasteiger partial charge is 0.490 e. The van der Waals surface area contributed by atoms with E-state index in [-0.39, 0.29) is 11.8 Å². The highest BCUT2D eigenvalue weighted by Gasteiger charge is 2.22. The van der Waals surface area contributed by atoms with E-state index < -0.39 is 0 Å². The van der Waals surface area contributed by atoms with Crippen molar-refractivity contribution >= 4 is 23.2 Å². The van der Waals surface area contributed by atoms with Crippen molar-refractivity contribution in [3.63, 3.8) is 0 Å².